The molecule has 0 bridgehead atoms. The first-order valence-electron chi connectivity index (χ1n) is 6.37. The van der Waals surface area contributed by atoms with Crippen LogP contribution in [0.4, 0.5) is 0 Å². The zero-order chi connectivity index (χ0) is 14.6. The normalized spacial score (nSPS) is 13.5. The van der Waals surface area contributed by atoms with Gasteiger partial charge in [-0.05, 0) is 17.9 Å². The van der Waals surface area contributed by atoms with Gasteiger partial charge in [-0.2, -0.15) is 8.42 Å². The van der Waals surface area contributed by atoms with Crippen LogP contribution in [0.1, 0.15) is 55.5 Å². The second kappa shape index (κ2) is 6.30. The van der Waals surface area contributed by atoms with Crippen LogP contribution in [0.2, 0.25) is 0 Å². The van der Waals surface area contributed by atoms with Gasteiger partial charge in [0.2, 0.25) is 0 Å². The Morgan fingerprint density at radius 1 is 1.21 bits per heavy atom. The lowest BCUT2D eigenvalue weighted by molar-refractivity contribution is 0.0981. The summed E-state index contributed by atoms with van der Waals surface area (Å²) in [6.07, 6.45) is 0.643. The Labute approximate surface area is 114 Å². The zero-order valence-corrected chi connectivity index (χ0v) is 12.3. The Bertz CT molecular complexity index is 529. The van der Waals surface area contributed by atoms with Gasteiger partial charge in [0.15, 0.2) is 5.78 Å². The lowest BCUT2D eigenvalue weighted by Gasteiger charge is -2.12. The molecule has 0 heterocycles. The number of hydrogen-bond acceptors (Lipinski definition) is 3. The summed E-state index contributed by atoms with van der Waals surface area (Å²) < 4.78 is 31.6. The number of Topliss-reactive ketones (excluding diaryl/α,β-unsaturated/α-hetero) is 1. The van der Waals surface area contributed by atoms with E-state index in [2.05, 4.69) is 0 Å². The molecule has 1 atom stereocenters. The van der Waals surface area contributed by atoms with Gasteiger partial charge >= 0.3 is 0 Å². The van der Waals surface area contributed by atoms with Crippen LogP contribution in [-0.2, 0) is 10.1 Å². The van der Waals surface area contributed by atoms with Crippen molar-refractivity contribution in [1.29, 1.82) is 0 Å². The van der Waals surface area contributed by atoms with Crippen molar-refractivity contribution in [3.63, 3.8) is 0 Å². The maximum atomic E-state index is 12.1. The number of ketones is 1. The van der Waals surface area contributed by atoms with E-state index in [1.165, 1.54) is 0 Å². The van der Waals surface area contributed by atoms with Crippen molar-refractivity contribution in [2.45, 2.75) is 44.8 Å². The van der Waals surface area contributed by atoms with Crippen LogP contribution < -0.4 is 0 Å². The molecule has 0 saturated carbocycles. The third-order valence-corrected chi connectivity index (χ3v) is 4.23. The molecule has 1 unspecified atom stereocenters. The molecule has 106 valence electrons. The monoisotopic (exact) mass is 284 g/mol. The van der Waals surface area contributed by atoms with Gasteiger partial charge < -0.3 is 0 Å². The first-order chi connectivity index (χ1) is 8.77. The molecule has 0 radical (unpaired) electrons. The van der Waals surface area contributed by atoms with Crippen molar-refractivity contribution in [1.82, 2.24) is 0 Å². The summed E-state index contributed by atoms with van der Waals surface area (Å²) in [5, 5.41) is -1.36. The predicted molar refractivity (Wildman–Crippen MR) is 75.1 cm³/mol. The molecule has 0 aromatic heterocycles. The Morgan fingerprint density at radius 3 is 2.11 bits per heavy atom. The summed E-state index contributed by atoms with van der Waals surface area (Å²) in [6.45, 7) is 5.84. The Hall–Kier alpha value is -1.20. The lowest BCUT2D eigenvalue weighted by atomic mass is 9.99. The highest BCUT2D eigenvalue weighted by atomic mass is 32.2. The Balaban J connectivity index is 3.04. The minimum atomic E-state index is -4.35. The molecule has 1 aromatic carbocycles. The smallest absolute Gasteiger partial charge is 0.275 e. The van der Waals surface area contributed by atoms with Gasteiger partial charge in [0.25, 0.3) is 10.1 Å². The van der Waals surface area contributed by atoms with Crippen LogP contribution in [0.15, 0.2) is 24.3 Å². The highest BCUT2D eigenvalue weighted by Gasteiger charge is 2.30. The van der Waals surface area contributed by atoms with Gasteiger partial charge in [-0.1, -0.05) is 51.5 Å². The maximum absolute atomic E-state index is 12.1. The van der Waals surface area contributed by atoms with E-state index in [4.69, 9.17) is 4.55 Å². The molecule has 0 aliphatic heterocycles. The minimum absolute atomic E-state index is 0.129. The first kappa shape index (κ1) is 15.9. The SMILES string of the molecule is CCCC(C(=O)c1ccc(C(C)C)cc1)S(=O)(=O)O. The first-order valence-corrected chi connectivity index (χ1v) is 7.88. The number of hydrogen-bond donors (Lipinski definition) is 1. The van der Waals surface area contributed by atoms with Crippen molar-refractivity contribution < 1.29 is 17.8 Å². The van der Waals surface area contributed by atoms with Crippen LogP contribution in [0.5, 0.6) is 0 Å². The van der Waals surface area contributed by atoms with Gasteiger partial charge in [0, 0.05) is 5.56 Å². The van der Waals surface area contributed by atoms with Crippen molar-refractivity contribution in [3.05, 3.63) is 35.4 Å². The van der Waals surface area contributed by atoms with Crippen molar-refractivity contribution in [3.8, 4) is 0 Å². The molecule has 0 spiro atoms. The standard InChI is InChI=1S/C14H20O4S/c1-4-5-13(19(16,17)18)14(15)12-8-6-11(7-9-12)10(2)3/h6-10,13H,4-5H2,1-3H3,(H,16,17,18). The lowest BCUT2D eigenvalue weighted by Crippen LogP contribution is -2.29. The van der Waals surface area contributed by atoms with Crippen LogP contribution in [0, 0.1) is 0 Å². The molecule has 4 nitrogen and oxygen atoms in total. The molecule has 0 aliphatic carbocycles. The van der Waals surface area contributed by atoms with Crippen molar-refractivity contribution >= 4 is 15.9 Å². The fourth-order valence-electron chi connectivity index (χ4n) is 1.90. The van der Waals surface area contributed by atoms with E-state index >= 15 is 0 Å². The van der Waals surface area contributed by atoms with E-state index in [1.54, 1.807) is 19.1 Å². The van der Waals surface area contributed by atoms with Crippen LogP contribution in [0.3, 0.4) is 0 Å². The Morgan fingerprint density at radius 2 is 1.74 bits per heavy atom. The van der Waals surface area contributed by atoms with Gasteiger partial charge in [-0.3, -0.25) is 9.35 Å². The summed E-state index contributed by atoms with van der Waals surface area (Å²) in [5.41, 5.74) is 1.40. The van der Waals surface area contributed by atoms with Crippen LogP contribution in [0.25, 0.3) is 0 Å². The summed E-state index contributed by atoms with van der Waals surface area (Å²) in [6, 6.07) is 6.85. The van der Waals surface area contributed by atoms with Crippen LogP contribution >= 0.6 is 0 Å². The highest BCUT2D eigenvalue weighted by Crippen LogP contribution is 2.18. The second-order valence-corrected chi connectivity index (χ2v) is 6.53. The number of carbonyl (C=O) groups is 1. The highest BCUT2D eigenvalue weighted by molar-refractivity contribution is 7.87. The maximum Gasteiger partial charge on any atom is 0.275 e. The summed E-state index contributed by atoms with van der Waals surface area (Å²) >= 11 is 0. The van der Waals surface area contributed by atoms with E-state index in [9.17, 15) is 13.2 Å². The molecule has 5 heteroatoms. The summed E-state index contributed by atoms with van der Waals surface area (Å²) in [7, 11) is -4.35. The third-order valence-electron chi connectivity index (χ3n) is 3.06. The number of benzene rings is 1. The van der Waals surface area contributed by atoms with Crippen molar-refractivity contribution in [2.75, 3.05) is 0 Å². The molecule has 19 heavy (non-hydrogen) atoms. The molecule has 1 aromatic rings. The number of rotatable bonds is 6. The van der Waals surface area contributed by atoms with E-state index in [0.29, 0.717) is 17.9 Å². The molecule has 0 aliphatic rings. The quantitative estimate of drug-likeness (QED) is 0.643. The van der Waals surface area contributed by atoms with Crippen LogP contribution in [-0.4, -0.2) is 24.0 Å². The second-order valence-electron chi connectivity index (χ2n) is 4.93. The average molecular weight is 284 g/mol. The molecule has 1 rings (SSSR count). The summed E-state index contributed by atoms with van der Waals surface area (Å²) in [5.74, 6) is -0.197. The van der Waals surface area contributed by atoms with E-state index in [-0.39, 0.29) is 6.42 Å². The summed E-state index contributed by atoms with van der Waals surface area (Å²) in [4.78, 5) is 12.1. The van der Waals surface area contributed by atoms with Gasteiger partial charge in [0.1, 0.15) is 5.25 Å². The molecular formula is C14H20O4S. The average Bonchev–Trinajstić information content (AvgIpc) is 2.34. The van der Waals surface area contributed by atoms with Gasteiger partial charge in [-0.15, -0.1) is 0 Å². The fourth-order valence-corrected chi connectivity index (χ4v) is 2.84. The number of carbonyl (C=O) groups excluding carboxylic acids is 1. The third kappa shape index (κ3) is 4.14. The predicted octanol–water partition coefficient (Wildman–Crippen LogP) is 3.05. The van der Waals surface area contributed by atoms with Gasteiger partial charge in [0.05, 0.1) is 0 Å². The molecule has 1 N–H and O–H groups in total. The largest absolute Gasteiger partial charge is 0.293 e. The molecule has 0 amide bonds. The van der Waals surface area contributed by atoms with E-state index in [0.717, 1.165) is 5.56 Å². The van der Waals surface area contributed by atoms with E-state index in [1.807, 2.05) is 26.0 Å². The molecular weight excluding hydrogens is 264 g/mol. The molecule has 0 saturated heterocycles. The zero-order valence-electron chi connectivity index (χ0n) is 11.5. The fraction of sp³-hybridized carbons (Fsp3) is 0.500. The topological polar surface area (TPSA) is 71.4 Å². The van der Waals surface area contributed by atoms with E-state index < -0.39 is 21.2 Å². The van der Waals surface area contributed by atoms with Gasteiger partial charge in [-0.25, -0.2) is 0 Å². The minimum Gasteiger partial charge on any atom is -0.293 e. The van der Waals surface area contributed by atoms with Crippen molar-refractivity contribution in [2.24, 2.45) is 0 Å². The Kier molecular flexibility index (Phi) is 5.26. The molecule has 0 fully saturated rings.